The van der Waals surface area contributed by atoms with Crippen LogP contribution in [0.4, 0.5) is 4.79 Å². The standard InChI is InChI=1S/C41H63NO9S/c1-24(2)32-27(43)22-41(42-35(47)50-25-14-20-52(48,49)21-15-25)19-18-39(8)26(33(32)41)10-11-29-38(7)16-13-30(51-31(44)23-36(3,4)34(45)46)37(5,6)28(38)12-17-40(29,39)9/h24-26,28-30H,10-23H2,1-9H3,(H,42,47)(H,45,46)/t26?,28?,29?,30-,38-,39+,40?,41+/m0/s1. The topological polar surface area (TPSA) is 153 Å². The first-order valence-corrected chi connectivity index (χ1v) is 21.6. The average Bonchev–Trinajstić information content (AvgIpc) is 3.31. The van der Waals surface area contributed by atoms with Crippen molar-refractivity contribution in [3.05, 3.63) is 11.1 Å². The lowest BCUT2D eigenvalue weighted by molar-refractivity contribution is -0.232. The first kappa shape index (κ1) is 39.3. The number of nitrogens with one attached hydrogen (secondary N) is 1. The summed E-state index contributed by atoms with van der Waals surface area (Å²) in [5.41, 5.74) is -0.378. The van der Waals surface area contributed by atoms with Gasteiger partial charge >= 0.3 is 18.0 Å². The third-order valence-corrected chi connectivity index (χ3v) is 17.6. The number of rotatable bonds is 7. The van der Waals surface area contributed by atoms with Gasteiger partial charge in [-0.3, -0.25) is 14.4 Å². The summed E-state index contributed by atoms with van der Waals surface area (Å²) in [6, 6.07) is 0. The highest BCUT2D eigenvalue weighted by atomic mass is 32.2. The van der Waals surface area contributed by atoms with Crippen molar-refractivity contribution in [2.75, 3.05) is 11.5 Å². The number of alkyl carbamates (subject to hydrolysis) is 1. The zero-order valence-electron chi connectivity index (χ0n) is 33.0. The van der Waals surface area contributed by atoms with Gasteiger partial charge in [0.15, 0.2) is 15.6 Å². The quantitative estimate of drug-likeness (QED) is 0.253. The Hall–Kier alpha value is -2.43. The van der Waals surface area contributed by atoms with Gasteiger partial charge in [0.2, 0.25) is 0 Å². The molecule has 0 radical (unpaired) electrons. The number of carbonyl (C=O) groups excluding carboxylic acids is 3. The van der Waals surface area contributed by atoms with Crippen LogP contribution in [0.2, 0.25) is 0 Å². The summed E-state index contributed by atoms with van der Waals surface area (Å²) in [5, 5.41) is 12.8. The van der Waals surface area contributed by atoms with Crippen molar-refractivity contribution in [2.24, 2.45) is 50.7 Å². The Kier molecular flexibility index (Phi) is 9.69. The summed E-state index contributed by atoms with van der Waals surface area (Å²) in [6.07, 6.45) is 6.56. The number of carboxylic acid groups (broad SMARTS) is 1. The summed E-state index contributed by atoms with van der Waals surface area (Å²) in [7, 11) is -3.09. The van der Waals surface area contributed by atoms with Crippen molar-refractivity contribution in [1.82, 2.24) is 5.32 Å². The third kappa shape index (κ3) is 6.15. The van der Waals surface area contributed by atoms with Crippen LogP contribution >= 0.6 is 0 Å². The molecule has 4 saturated carbocycles. The fourth-order valence-corrected chi connectivity index (χ4v) is 14.4. The normalized spacial score (nSPS) is 39.8. The summed E-state index contributed by atoms with van der Waals surface area (Å²) >= 11 is 0. The van der Waals surface area contributed by atoms with Gasteiger partial charge in [-0.05, 0) is 129 Å². The predicted octanol–water partition coefficient (Wildman–Crippen LogP) is 7.44. The summed E-state index contributed by atoms with van der Waals surface area (Å²) in [4.78, 5) is 52.3. The smallest absolute Gasteiger partial charge is 0.408 e. The largest absolute Gasteiger partial charge is 0.481 e. The number of allylic oxidation sites excluding steroid dienone is 1. The number of sulfone groups is 1. The number of aliphatic carboxylic acids is 1. The van der Waals surface area contributed by atoms with E-state index in [0.717, 1.165) is 56.1 Å². The average molecular weight is 746 g/mol. The van der Waals surface area contributed by atoms with Crippen LogP contribution in [-0.2, 0) is 33.7 Å². The van der Waals surface area contributed by atoms with E-state index in [1.165, 1.54) is 0 Å². The minimum Gasteiger partial charge on any atom is -0.481 e. The minimum absolute atomic E-state index is 0.0124. The second kappa shape index (κ2) is 12.8. The molecule has 292 valence electrons. The number of carboxylic acids is 1. The van der Waals surface area contributed by atoms with E-state index in [-0.39, 0.29) is 69.7 Å². The molecule has 5 fully saturated rings. The van der Waals surface area contributed by atoms with Crippen LogP contribution in [0.3, 0.4) is 0 Å². The van der Waals surface area contributed by atoms with Crippen LogP contribution in [0, 0.1) is 50.7 Å². The number of carbonyl (C=O) groups is 4. The monoisotopic (exact) mass is 745 g/mol. The van der Waals surface area contributed by atoms with Gasteiger partial charge in [-0.15, -0.1) is 0 Å². The minimum atomic E-state index is -3.09. The molecule has 2 N–H and O–H groups in total. The van der Waals surface area contributed by atoms with Gasteiger partial charge < -0.3 is 19.9 Å². The lowest BCUT2D eigenvalue weighted by atomic mass is 9.33. The molecule has 10 nitrogen and oxygen atoms in total. The SMILES string of the molecule is CC(C)C1=C2C3CCC4C(C)(CCC5C(C)(C)[C@@H](OC(=O)CC(C)(C)C(=O)O)CC[C@@]54C)[C@]3(C)CC[C@@]2(NC(=O)OC2CCS(=O)(=O)CC2)CC1=O. The highest BCUT2D eigenvalue weighted by Crippen LogP contribution is 2.76. The van der Waals surface area contributed by atoms with E-state index in [0.29, 0.717) is 31.1 Å². The molecule has 0 spiro atoms. The Balaban J connectivity index is 1.25. The number of ether oxygens (including phenoxy) is 2. The molecule has 1 heterocycles. The number of Topliss-reactive ketones (excluding diaryl/α,β-unsaturated/α-hetero) is 1. The zero-order chi connectivity index (χ0) is 38.4. The Bertz CT molecular complexity index is 1650. The molecular formula is C41H63NO9S. The maximum Gasteiger partial charge on any atom is 0.408 e. The molecule has 8 atom stereocenters. The molecule has 0 bridgehead atoms. The number of fused-ring (bicyclic) bond motifs is 7. The molecule has 52 heavy (non-hydrogen) atoms. The highest BCUT2D eigenvalue weighted by molar-refractivity contribution is 7.91. The molecule has 4 unspecified atom stereocenters. The molecule has 0 aromatic rings. The Morgan fingerprint density at radius 3 is 2.13 bits per heavy atom. The lowest BCUT2D eigenvalue weighted by Crippen LogP contribution is -2.67. The zero-order valence-corrected chi connectivity index (χ0v) is 33.8. The number of amides is 1. The maximum absolute atomic E-state index is 13.9. The van der Waals surface area contributed by atoms with Gasteiger partial charge in [-0.25, -0.2) is 13.2 Å². The maximum atomic E-state index is 13.9. The van der Waals surface area contributed by atoms with E-state index < -0.39 is 44.9 Å². The van der Waals surface area contributed by atoms with Crippen LogP contribution in [0.15, 0.2) is 11.1 Å². The van der Waals surface area contributed by atoms with Gasteiger partial charge in [-0.2, -0.15) is 0 Å². The number of hydrogen-bond donors (Lipinski definition) is 2. The van der Waals surface area contributed by atoms with Crippen LogP contribution in [0.1, 0.15) is 139 Å². The number of hydrogen-bond acceptors (Lipinski definition) is 8. The second-order valence-corrected chi connectivity index (χ2v) is 22.2. The Labute approximate surface area is 310 Å². The molecule has 11 heteroatoms. The molecule has 1 aliphatic heterocycles. The van der Waals surface area contributed by atoms with E-state index in [9.17, 15) is 32.7 Å². The lowest BCUT2D eigenvalue weighted by Gasteiger charge is -2.72. The molecule has 0 aromatic carbocycles. The first-order valence-electron chi connectivity index (χ1n) is 19.8. The highest BCUT2D eigenvalue weighted by Gasteiger charge is 2.70. The van der Waals surface area contributed by atoms with E-state index in [4.69, 9.17) is 9.47 Å². The first-order chi connectivity index (χ1) is 23.9. The molecule has 0 aromatic heterocycles. The van der Waals surface area contributed by atoms with Crippen molar-refractivity contribution in [2.45, 2.75) is 157 Å². The van der Waals surface area contributed by atoms with Crippen molar-refractivity contribution in [3.8, 4) is 0 Å². The van der Waals surface area contributed by atoms with Crippen LogP contribution in [0.5, 0.6) is 0 Å². The summed E-state index contributed by atoms with van der Waals surface area (Å²) in [6.45, 7) is 19.2. The van der Waals surface area contributed by atoms with Crippen LogP contribution in [-0.4, -0.2) is 66.6 Å². The number of esters is 1. The van der Waals surface area contributed by atoms with Crippen molar-refractivity contribution < 1.29 is 42.2 Å². The summed E-state index contributed by atoms with van der Waals surface area (Å²) < 4.78 is 35.9. The molecule has 6 aliphatic rings. The summed E-state index contributed by atoms with van der Waals surface area (Å²) in [5.74, 6) is -0.401. The van der Waals surface area contributed by atoms with Crippen molar-refractivity contribution >= 4 is 33.7 Å². The molecule has 6 rings (SSSR count). The van der Waals surface area contributed by atoms with Gasteiger partial charge in [0, 0.05) is 11.8 Å². The predicted molar refractivity (Wildman–Crippen MR) is 197 cm³/mol. The van der Waals surface area contributed by atoms with Crippen LogP contribution < -0.4 is 5.32 Å². The van der Waals surface area contributed by atoms with Gasteiger partial charge in [0.1, 0.15) is 12.2 Å². The fraction of sp³-hybridized carbons (Fsp3) is 0.854. The molecule has 1 amide bonds. The fourth-order valence-electron chi connectivity index (χ4n) is 12.9. The van der Waals surface area contributed by atoms with E-state index >= 15 is 0 Å². The van der Waals surface area contributed by atoms with Crippen molar-refractivity contribution in [1.29, 1.82) is 0 Å². The third-order valence-electron chi connectivity index (χ3n) is 15.9. The Morgan fingerprint density at radius 2 is 1.52 bits per heavy atom. The molecular weight excluding hydrogens is 683 g/mol. The second-order valence-electron chi connectivity index (χ2n) is 19.9. The van der Waals surface area contributed by atoms with Crippen molar-refractivity contribution in [3.63, 3.8) is 0 Å². The van der Waals surface area contributed by atoms with Gasteiger partial charge in [0.25, 0.3) is 0 Å². The Morgan fingerprint density at radius 1 is 0.865 bits per heavy atom. The van der Waals surface area contributed by atoms with E-state index in [2.05, 4.69) is 53.8 Å². The van der Waals surface area contributed by atoms with E-state index in [1.54, 1.807) is 13.8 Å². The number of ketones is 1. The molecule has 1 saturated heterocycles. The van der Waals surface area contributed by atoms with Crippen LogP contribution in [0.25, 0.3) is 0 Å². The van der Waals surface area contributed by atoms with E-state index in [1.807, 2.05) is 0 Å². The van der Waals surface area contributed by atoms with Gasteiger partial charge in [0.05, 0.1) is 28.9 Å². The van der Waals surface area contributed by atoms with Gasteiger partial charge in [-0.1, -0.05) is 48.5 Å². The molecule has 5 aliphatic carbocycles.